The second kappa shape index (κ2) is 5.87. The van der Waals surface area contributed by atoms with Gasteiger partial charge in [-0.1, -0.05) is 24.4 Å². The number of carbonyl (C=O) groups excluding carboxylic acids is 1. The van der Waals surface area contributed by atoms with Crippen LogP contribution in [0.5, 0.6) is 5.75 Å². The number of halogens is 1. The highest BCUT2D eigenvalue weighted by Crippen LogP contribution is 2.17. The average molecular weight is 255 g/mol. The third kappa shape index (κ3) is 3.89. The van der Waals surface area contributed by atoms with Gasteiger partial charge in [-0.25, -0.2) is 4.98 Å². The monoisotopic (exact) mass is 254 g/mol. The van der Waals surface area contributed by atoms with E-state index in [0.717, 1.165) is 12.8 Å². The van der Waals surface area contributed by atoms with Gasteiger partial charge in [0, 0.05) is 6.04 Å². The van der Waals surface area contributed by atoms with Crippen LogP contribution in [0.2, 0.25) is 5.15 Å². The fourth-order valence-corrected chi connectivity index (χ4v) is 2.05. The highest BCUT2D eigenvalue weighted by atomic mass is 35.5. The van der Waals surface area contributed by atoms with Crippen LogP contribution >= 0.6 is 11.6 Å². The van der Waals surface area contributed by atoms with Crippen LogP contribution in [-0.2, 0) is 4.79 Å². The minimum Gasteiger partial charge on any atom is -0.482 e. The summed E-state index contributed by atoms with van der Waals surface area (Å²) in [4.78, 5) is 15.4. The summed E-state index contributed by atoms with van der Waals surface area (Å²) in [6.07, 6.45) is 6.06. The van der Waals surface area contributed by atoms with Gasteiger partial charge in [-0.05, 0) is 25.0 Å². The maximum Gasteiger partial charge on any atom is 0.258 e. The van der Waals surface area contributed by atoms with Gasteiger partial charge < -0.3 is 10.1 Å². The van der Waals surface area contributed by atoms with Crippen molar-refractivity contribution in [2.75, 3.05) is 6.61 Å². The van der Waals surface area contributed by atoms with Crippen molar-refractivity contribution in [2.24, 2.45) is 0 Å². The van der Waals surface area contributed by atoms with Crippen molar-refractivity contribution >= 4 is 17.5 Å². The smallest absolute Gasteiger partial charge is 0.258 e. The second-order valence-corrected chi connectivity index (χ2v) is 4.54. The maximum absolute atomic E-state index is 11.6. The van der Waals surface area contributed by atoms with Gasteiger partial charge in [0.1, 0.15) is 10.9 Å². The lowest BCUT2D eigenvalue weighted by atomic mass is 10.2. The molecule has 4 nitrogen and oxygen atoms in total. The largest absolute Gasteiger partial charge is 0.482 e. The van der Waals surface area contributed by atoms with Gasteiger partial charge in [0.25, 0.3) is 5.91 Å². The van der Waals surface area contributed by atoms with E-state index in [1.807, 2.05) is 0 Å². The van der Waals surface area contributed by atoms with E-state index in [-0.39, 0.29) is 12.5 Å². The molecular weight excluding hydrogens is 240 g/mol. The highest BCUT2D eigenvalue weighted by molar-refractivity contribution is 6.29. The first-order valence-electron chi connectivity index (χ1n) is 5.78. The summed E-state index contributed by atoms with van der Waals surface area (Å²) in [5.74, 6) is 0.475. The molecule has 0 aliphatic heterocycles. The van der Waals surface area contributed by atoms with Gasteiger partial charge in [0.15, 0.2) is 6.61 Å². The lowest BCUT2D eigenvalue weighted by Gasteiger charge is -2.12. The molecule has 1 aromatic rings. The first kappa shape index (κ1) is 12.2. The first-order valence-corrected chi connectivity index (χ1v) is 6.15. The molecule has 1 saturated carbocycles. The molecule has 92 valence electrons. The molecule has 0 radical (unpaired) electrons. The van der Waals surface area contributed by atoms with Crippen molar-refractivity contribution in [1.29, 1.82) is 0 Å². The molecular formula is C12H15ClN2O2. The van der Waals surface area contributed by atoms with E-state index in [9.17, 15) is 4.79 Å². The molecule has 1 aliphatic rings. The van der Waals surface area contributed by atoms with Crippen LogP contribution in [0, 0.1) is 0 Å². The fourth-order valence-electron chi connectivity index (χ4n) is 1.94. The molecule has 1 N–H and O–H groups in total. The average Bonchev–Trinajstić information content (AvgIpc) is 2.81. The van der Waals surface area contributed by atoms with Crippen LogP contribution in [0.1, 0.15) is 25.7 Å². The number of nitrogens with zero attached hydrogens (tertiary/aromatic N) is 1. The normalized spacial score (nSPS) is 15.8. The number of amides is 1. The van der Waals surface area contributed by atoms with E-state index in [1.165, 1.54) is 19.0 Å². The van der Waals surface area contributed by atoms with Crippen LogP contribution in [0.25, 0.3) is 0 Å². The van der Waals surface area contributed by atoms with E-state index in [1.54, 1.807) is 12.1 Å². The number of hydrogen-bond donors (Lipinski definition) is 1. The highest BCUT2D eigenvalue weighted by Gasteiger charge is 2.17. The van der Waals surface area contributed by atoms with Crippen LogP contribution < -0.4 is 10.1 Å². The van der Waals surface area contributed by atoms with E-state index in [4.69, 9.17) is 16.3 Å². The number of aromatic nitrogens is 1. The van der Waals surface area contributed by atoms with Crippen molar-refractivity contribution in [3.8, 4) is 5.75 Å². The Bertz CT molecular complexity index is 375. The molecule has 0 aromatic carbocycles. The van der Waals surface area contributed by atoms with E-state index in [0.29, 0.717) is 16.9 Å². The number of rotatable bonds is 4. The van der Waals surface area contributed by atoms with Gasteiger partial charge in [0.2, 0.25) is 0 Å². The molecule has 17 heavy (non-hydrogen) atoms. The fraction of sp³-hybridized carbons (Fsp3) is 0.500. The quantitative estimate of drug-likeness (QED) is 0.838. The summed E-state index contributed by atoms with van der Waals surface area (Å²) in [6, 6.07) is 3.65. The zero-order valence-electron chi connectivity index (χ0n) is 9.49. The molecule has 1 heterocycles. The lowest BCUT2D eigenvalue weighted by Crippen LogP contribution is -2.36. The number of pyridine rings is 1. The standard InChI is InChI=1S/C12H15ClN2O2/c13-11-6-5-10(7-14-11)17-8-12(16)15-9-3-1-2-4-9/h5-7,9H,1-4,8H2,(H,15,16). The number of nitrogens with one attached hydrogen (secondary N) is 1. The summed E-state index contributed by atoms with van der Waals surface area (Å²) < 4.78 is 5.30. The molecule has 2 rings (SSSR count). The van der Waals surface area contributed by atoms with E-state index in [2.05, 4.69) is 10.3 Å². The maximum atomic E-state index is 11.6. The Morgan fingerprint density at radius 2 is 2.24 bits per heavy atom. The molecule has 0 unspecified atom stereocenters. The summed E-state index contributed by atoms with van der Waals surface area (Å²) in [6.45, 7) is 0.0276. The Balaban J connectivity index is 1.73. The Morgan fingerprint density at radius 3 is 2.88 bits per heavy atom. The summed E-state index contributed by atoms with van der Waals surface area (Å²) in [5, 5.41) is 3.36. The molecule has 0 atom stereocenters. The SMILES string of the molecule is O=C(COc1ccc(Cl)nc1)NC1CCCC1. The van der Waals surface area contributed by atoms with Crippen molar-refractivity contribution < 1.29 is 9.53 Å². The topological polar surface area (TPSA) is 51.2 Å². The van der Waals surface area contributed by atoms with Gasteiger partial charge >= 0.3 is 0 Å². The van der Waals surface area contributed by atoms with E-state index >= 15 is 0 Å². The summed E-state index contributed by atoms with van der Waals surface area (Å²) in [7, 11) is 0. The zero-order valence-corrected chi connectivity index (χ0v) is 10.2. The van der Waals surface area contributed by atoms with Gasteiger partial charge in [-0.15, -0.1) is 0 Å². The number of carbonyl (C=O) groups is 1. The van der Waals surface area contributed by atoms with Gasteiger partial charge in [-0.3, -0.25) is 4.79 Å². The molecule has 1 aliphatic carbocycles. The van der Waals surface area contributed by atoms with Crippen molar-refractivity contribution in [1.82, 2.24) is 10.3 Å². The second-order valence-electron chi connectivity index (χ2n) is 4.15. The number of ether oxygens (including phenoxy) is 1. The van der Waals surface area contributed by atoms with Crippen molar-refractivity contribution in [3.05, 3.63) is 23.5 Å². The molecule has 0 spiro atoms. The molecule has 5 heteroatoms. The number of hydrogen-bond acceptors (Lipinski definition) is 3. The van der Waals surface area contributed by atoms with E-state index < -0.39 is 0 Å². The van der Waals surface area contributed by atoms with Crippen LogP contribution in [0.3, 0.4) is 0 Å². The third-order valence-corrected chi connectivity index (χ3v) is 3.01. The lowest BCUT2D eigenvalue weighted by molar-refractivity contribution is -0.123. The molecule has 1 amide bonds. The van der Waals surface area contributed by atoms with Crippen molar-refractivity contribution in [2.45, 2.75) is 31.7 Å². The Hall–Kier alpha value is -1.29. The Morgan fingerprint density at radius 1 is 1.47 bits per heavy atom. The summed E-state index contributed by atoms with van der Waals surface area (Å²) in [5.41, 5.74) is 0. The van der Waals surface area contributed by atoms with Gasteiger partial charge in [-0.2, -0.15) is 0 Å². The van der Waals surface area contributed by atoms with Crippen LogP contribution in [-0.4, -0.2) is 23.5 Å². The minimum absolute atomic E-state index is 0.0276. The minimum atomic E-state index is -0.0770. The first-order chi connectivity index (χ1) is 8.24. The molecule has 0 bridgehead atoms. The third-order valence-electron chi connectivity index (χ3n) is 2.79. The van der Waals surface area contributed by atoms with Crippen LogP contribution in [0.15, 0.2) is 18.3 Å². The predicted molar refractivity (Wildman–Crippen MR) is 65.1 cm³/mol. The van der Waals surface area contributed by atoms with Gasteiger partial charge in [0.05, 0.1) is 6.20 Å². The van der Waals surface area contributed by atoms with Crippen LogP contribution in [0.4, 0.5) is 0 Å². The van der Waals surface area contributed by atoms with Crippen molar-refractivity contribution in [3.63, 3.8) is 0 Å². The Kier molecular flexibility index (Phi) is 4.20. The zero-order chi connectivity index (χ0) is 12.1. The predicted octanol–water partition coefficient (Wildman–Crippen LogP) is 2.17. The summed E-state index contributed by atoms with van der Waals surface area (Å²) >= 11 is 5.64. The molecule has 1 fully saturated rings. The molecule has 1 aromatic heterocycles. The molecule has 0 saturated heterocycles. The Labute approximate surface area is 105 Å².